The van der Waals surface area contributed by atoms with Crippen LogP contribution in [0.15, 0.2) is 42.5 Å². The van der Waals surface area contributed by atoms with Gasteiger partial charge in [-0.1, -0.05) is 12.8 Å². The van der Waals surface area contributed by atoms with Crippen LogP contribution in [0.5, 0.6) is 5.75 Å². The number of likely N-dealkylation sites (tertiary alicyclic amines) is 1. The van der Waals surface area contributed by atoms with E-state index < -0.39 is 11.5 Å². The van der Waals surface area contributed by atoms with E-state index in [0.29, 0.717) is 38.2 Å². The summed E-state index contributed by atoms with van der Waals surface area (Å²) in [6, 6.07) is 11.0. The number of anilines is 1. The standard InChI is InChI=1S/C31H38FN5O4/c1-35-25-17-23(41-2)11-12-24(25)27-28(35)26(18-38)37(30(40)34-22-9-7-20(32)8-10-22)19-31(27)13-15-36(16-14-31)29(39)33-21-5-3-4-6-21/h7-12,17,21,26,38H,3-6,13-16,18-19H2,1-2H3,(H,33,39)(H,34,40)/t26-/m0/s1. The molecule has 41 heavy (non-hydrogen) atoms. The Hall–Kier alpha value is -3.79. The van der Waals surface area contributed by atoms with Gasteiger partial charge in [-0.15, -0.1) is 0 Å². The number of fused-ring (bicyclic) bond motifs is 4. The van der Waals surface area contributed by atoms with E-state index in [1.54, 1.807) is 12.0 Å². The maximum Gasteiger partial charge on any atom is 0.322 e. The van der Waals surface area contributed by atoms with E-state index in [1.807, 2.05) is 24.1 Å². The average Bonchev–Trinajstić information content (AvgIpc) is 3.60. The molecule has 1 spiro atoms. The molecule has 2 aromatic carbocycles. The summed E-state index contributed by atoms with van der Waals surface area (Å²) in [5.74, 6) is 0.349. The third-order valence-corrected chi connectivity index (χ3v) is 9.37. The molecule has 2 aliphatic heterocycles. The smallest absolute Gasteiger partial charge is 0.322 e. The first kappa shape index (κ1) is 27.4. The van der Waals surface area contributed by atoms with Gasteiger partial charge in [0.25, 0.3) is 0 Å². The monoisotopic (exact) mass is 563 g/mol. The Bertz CT molecular complexity index is 1440. The number of benzene rings is 2. The van der Waals surface area contributed by atoms with Crippen molar-refractivity contribution >= 4 is 28.7 Å². The molecule has 0 bridgehead atoms. The second-order valence-electron chi connectivity index (χ2n) is 11.7. The van der Waals surface area contributed by atoms with Crippen molar-refractivity contribution in [2.45, 2.75) is 56.0 Å². The second-order valence-corrected chi connectivity index (χ2v) is 11.7. The molecule has 0 radical (unpaired) electrons. The van der Waals surface area contributed by atoms with Gasteiger partial charge in [-0.3, -0.25) is 0 Å². The molecule has 0 unspecified atom stereocenters. The quantitative estimate of drug-likeness (QED) is 0.421. The first-order chi connectivity index (χ1) is 19.8. The molecule has 6 rings (SSSR count). The van der Waals surface area contributed by atoms with Crippen LogP contribution in [0.4, 0.5) is 19.7 Å². The van der Waals surface area contributed by atoms with Gasteiger partial charge in [-0.25, -0.2) is 14.0 Å². The van der Waals surface area contributed by atoms with Gasteiger partial charge in [-0.05, 0) is 67.6 Å². The van der Waals surface area contributed by atoms with Gasteiger partial charge in [0, 0.05) is 61.0 Å². The predicted molar refractivity (Wildman–Crippen MR) is 155 cm³/mol. The average molecular weight is 564 g/mol. The third kappa shape index (κ3) is 4.88. The lowest BCUT2D eigenvalue weighted by Gasteiger charge is -2.50. The molecule has 3 N–H and O–H groups in total. The lowest BCUT2D eigenvalue weighted by molar-refractivity contribution is 0.0766. The number of hydrogen-bond acceptors (Lipinski definition) is 4. The number of methoxy groups -OCH3 is 1. The van der Waals surface area contributed by atoms with Crippen molar-refractivity contribution in [1.29, 1.82) is 0 Å². The highest BCUT2D eigenvalue weighted by Crippen LogP contribution is 2.50. The fourth-order valence-electron chi connectivity index (χ4n) is 7.18. The van der Waals surface area contributed by atoms with E-state index in [2.05, 4.69) is 21.3 Å². The molecular weight excluding hydrogens is 525 g/mol. The minimum Gasteiger partial charge on any atom is -0.497 e. The molecule has 3 heterocycles. The highest BCUT2D eigenvalue weighted by atomic mass is 19.1. The molecule has 1 atom stereocenters. The molecule has 3 aromatic rings. The van der Waals surface area contributed by atoms with E-state index in [1.165, 1.54) is 24.3 Å². The number of nitrogens with zero attached hydrogens (tertiary/aromatic N) is 3. The predicted octanol–water partition coefficient (Wildman–Crippen LogP) is 4.89. The lowest BCUT2D eigenvalue weighted by Crippen LogP contribution is -2.58. The number of ether oxygens (including phenoxy) is 1. The van der Waals surface area contributed by atoms with E-state index in [9.17, 15) is 19.1 Å². The van der Waals surface area contributed by atoms with Gasteiger partial charge in [0.2, 0.25) is 0 Å². The minimum atomic E-state index is -0.580. The number of aromatic nitrogens is 1. The van der Waals surface area contributed by atoms with Crippen molar-refractivity contribution in [2.24, 2.45) is 7.05 Å². The van der Waals surface area contributed by atoms with E-state index in [4.69, 9.17) is 4.74 Å². The van der Waals surface area contributed by atoms with Gasteiger partial charge < -0.3 is 34.8 Å². The van der Waals surface area contributed by atoms with E-state index in [-0.39, 0.29) is 30.5 Å². The normalized spacial score (nSPS) is 20.3. The molecule has 1 saturated carbocycles. The number of piperidine rings is 1. The zero-order valence-electron chi connectivity index (χ0n) is 23.7. The van der Waals surface area contributed by atoms with Crippen LogP contribution in [-0.2, 0) is 12.5 Å². The molecule has 10 heteroatoms. The number of aryl methyl sites for hydroxylation is 1. The number of carbonyl (C=O) groups is 2. The number of amides is 4. The summed E-state index contributed by atoms with van der Waals surface area (Å²) in [6.45, 7) is 1.28. The Morgan fingerprint density at radius 2 is 1.78 bits per heavy atom. The minimum absolute atomic E-state index is 0.00965. The molecule has 3 aliphatic rings. The molecule has 9 nitrogen and oxygen atoms in total. The van der Waals surface area contributed by atoms with E-state index >= 15 is 0 Å². The third-order valence-electron chi connectivity index (χ3n) is 9.37. The van der Waals surface area contributed by atoms with Gasteiger partial charge in [0.15, 0.2) is 0 Å². The molecule has 2 fully saturated rings. The zero-order valence-corrected chi connectivity index (χ0v) is 23.7. The van der Waals surface area contributed by atoms with Crippen molar-refractivity contribution in [3.63, 3.8) is 0 Å². The SMILES string of the molecule is COc1ccc2c3c(n(C)c2c1)[C@H](CO)N(C(=O)Nc1ccc(F)cc1)CC31CCN(C(=O)NC2CCCC2)CC1. The van der Waals surface area contributed by atoms with Gasteiger partial charge in [-0.2, -0.15) is 0 Å². The largest absolute Gasteiger partial charge is 0.497 e. The lowest BCUT2D eigenvalue weighted by atomic mass is 9.68. The van der Waals surface area contributed by atoms with Crippen LogP contribution < -0.4 is 15.4 Å². The Morgan fingerprint density at radius 3 is 2.44 bits per heavy atom. The first-order valence-electron chi connectivity index (χ1n) is 14.5. The molecule has 4 amide bonds. The van der Waals surface area contributed by atoms with Crippen LogP contribution in [0.3, 0.4) is 0 Å². The number of aliphatic hydroxyl groups excluding tert-OH is 1. The number of hydrogen-bond donors (Lipinski definition) is 3. The van der Waals surface area contributed by atoms with Crippen LogP contribution in [-0.4, -0.2) is 70.9 Å². The molecular formula is C31H38FN5O4. The van der Waals surface area contributed by atoms with Crippen LogP contribution in [0.1, 0.15) is 55.8 Å². The molecule has 1 aromatic heterocycles. The van der Waals surface area contributed by atoms with Crippen molar-refractivity contribution in [2.75, 3.05) is 38.7 Å². The van der Waals surface area contributed by atoms with Crippen molar-refractivity contribution in [3.05, 3.63) is 59.5 Å². The van der Waals surface area contributed by atoms with Crippen LogP contribution >= 0.6 is 0 Å². The zero-order chi connectivity index (χ0) is 28.7. The summed E-state index contributed by atoms with van der Waals surface area (Å²) in [5, 5.41) is 17.9. The summed E-state index contributed by atoms with van der Waals surface area (Å²) >= 11 is 0. The fourth-order valence-corrected chi connectivity index (χ4v) is 7.18. The van der Waals surface area contributed by atoms with Gasteiger partial charge in [0.1, 0.15) is 11.6 Å². The summed E-state index contributed by atoms with van der Waals surface area (Å²) in [7, 11) is 3.60. The topological polar surface area (TPSA) is 99.1 Å². The van der Waals surface area contributed by atoms with Crippen molar-refractivity contribution < 1.29 is 23.8 Å². The highest BCUT2D eigenvalue weighted by Gasteiger charge is 2.50. The Balaban J connectivity index is 1.36. The second kappa shape index (κ2) is 10.9. The summed E-state index contributed by atoms with van der Waals surface area (Å²) in [6.07, 6.45) is 5.75. The van der Waals surface area contributed by atoms with Crippen molar-refractivity contribution in [1.82, 2.24) is 19.7 Å². The molecule has 1 saturated heterocycles. The highest BCUT2D eigenvalue weighted by molar-refractivity contribution is 5.92. The number of rotatable bonds is 4. The van der Waals surface area contributed by atoms with Crippen LogP contribution in [0.25, 0.3) is 10.9 Å². The fraction of sp³-hybridized carbons (Fsp3) is 0.484. The maximum absolute atomic E-state index is 13.8. The molecule has 1 aliphatic carbocycles. The Labute approximate surface area is 239 Å². The van der Waals surface area contributed by atoms with Gasteiger partial charge in [0.05, 0.1) is 25.3 Å². The Kier molecular flexibility index (Phi) is 7.27. The maximum atomic E-state index is 13.8. The number of urea groups is 2. The number of nitrogens with one attached hydrogen (secondary N) is 2. The van der Waals surface area contributed by atoms with Crippen LogP contribution in [0, 0.1) is 5.82 Å². The van der Waals surface area contributed by atoms with Gasteiger partial charge >= 0.3 is 12.1 Å². The first-order valence-corrected chi connectivity index (χ1v) is 14.5. The number of aliphatic hydroxyl groups is 1. The summed E-state index contributed by atoms with van der Waals surface area (Å²) in [5.41, 5.74) is 3.06. The Morgan fingerprint density at radius 1 is 1.07 bits per heavy atom. The number of halogens is 1. The number of carbonyl (C=O) groups excluding carboxylic acids is 2. The van der Waals surface area contributed by atoms with Crippen LogP contribution in [0.2, 0.25) is 0 Å². The summed E-state index contributed by atoms with van der Waals surface area (Å²) < 4.78 is 21.1. The summed E-state index contributed by atoms with van der Waals surface area (Å²) in [4.78, 5) is 30.5. The van der Waals surface area contributed by atoms with Crippen molar-refractivity contribution in [3.8, 4) is 5.75 Å². The van der Waals surface area contributed by atoms with E-state index in [0.717, 1.165) is 53.6 Å². The molecule has 218 valence electrons.